The van der Waals surface area contributed by atoms with Crippen LogP contribution in [-0.2, 0) is 4.79 Å². The zero-order valence-electron chi connectivity index (χ0n) is 9.38. The van der Waals surface area contributed by atoms with E-state index in [-0.39, 0.29) is 11.9 Å². The Morgan fingerprint density at radius 3 is 2.67 bits per heavy atom. The third-order valence-electron chi connectivity index (χ3n) is 3.01. The van der Waals surface area contributed by atoms with Gasteiger partial charge in [-0.1, -0.05) is 6.92 Å². The Morgan fingerprint density at radius 2 is 2.20 bits per heavy atom. The predicted octanol–water partition coefficient (Wildman–Crippen LogP) is 1.94. The van der Waals surface area contributed by atoms with Crippen molar-refractivity contribution in [3.63, 3.8) is 0 Å². The molecule has 0 aromatic heterocycles. The van der Waals surface area contributed by atoms with Gasteiger partial charge in [-0.2, -0.15) is 17.0 Å². The van der Waals surface area contributed by atoms with Gasteiger partial charge >= 0.3 is 0 Å². The van der Waals surface area contributed by atoms with Crippen LogP contribution in [0.2, 0.25) is 0 Å². The molecule has 0 saturated carbocycles. The first kappa shape index (κ1) is 12.4. The van der Waals surface area contributed by atoms with Crippen LogP contribution in [0, 0.1) is 16.7 Å². The molecule has 1 N–H and O–H groups in total. The van der Waals surface area contributed by atoms with E-state index in [0.29, 0.717) is 6.42 Å². The van der Waals surface area contributed by atoms with E-state index in [1.54, 1.807) is 6.92 Å². The van der Waals surface area contributed by atoms with Crippen LogP contribution in [0.3, 0.4) is 0 Å². The molecule has 1 fully saturated rings. The first-order valence-corrected chi connectivity index (χ1v) is 6.58. The van der Waals surface area contributed by atoms with Crippen LogP contribution in [0.4, 0.5) is 0 Å². The molecule has 1 aliphatic rings. The zero-order chi connectivity index (χ0) is 11.3. The molecule has 1 atom stereocenters. The predicted molar refractivity (Wildman–Crippen MR) is 62.5 cm³/mol. The SMILES string of the molecule is CCC(C)(C#N)C(=O)NC1CCSCC1. The number of amides is 1. The summed E-state index contributed by atoms with van der Waals surface area (Å²) < 4.78 is 0. The summed E-state index contributed by atoms with van der Waals surface area (Å²) in [6.07, 6.45) is 2.63. The number of nitrogens with zero attached hydrogens (tertiary/aromatic N) is 1. The Hall–Kier alpha value is -0.690. The van der Waals surface area contributed by atoms with Crippen molar-refractivity contribution in [2.75, 3.05) is 11.5 Å². The number of carbonyl (C=O) groups excluding carboxylic acids is 1. The Morgan fingerprint density at radius 1 is 1.60 bits per heavy atom. The quantitative estimate of drug-likeness (QED) is 0.800. The fraction of sp³-hybridized carbons (Fsp3) is 0.818. The highest BCUT2D eigenvalue weighted by atomic mass is 32.2. The van der Waals surface area contributed by atoms with Crippen LogP contribution in [0.5, 0.6) is 0 Å². The molecule has 15 heavy (non-hydrogen) atoms. The molecule has 0 spiro atoms. The van der Waals surface area contributed by atoms with Crippen molar-refractivity contribution in [2.45, 2.75) is 39.2 Å². The molecular weight excluding hydrogens is 208 g/mol. The highest BCUT2D eigenvalue weighted by Crippen LogP contribution is 2.22. The number of thioether (sulfide) groups is 1. The van der Waals surface area contributed by atoms with Crippen molar-refractivity contribution in [1.82, 2.24) is 5.32 Å². The summed E-state index contributed by atoms with van der Waals surface area (Å²) >= 11 is 1.93. The number of nitriles is 1. The molecule has 3 nitrogen and oxygen atoms in total. The summed E-state index contributed by atoms with van der Waals surface area (Å²) in [7, 11) is 0. The van der Waals surface area contributed by atoms with Gasteiger partial charge in [-0.05, 0) is 37.7 Å². The largest absolute Gasteiger partial charge is 0.352 e. The minimum absolute atomic E-state index is 0.107. The second-order valence-electron chi connectivity index (χ2n) is 4.16. The molecule has 1 amide bonds. The third kappa shape index (κ3) is 3.13. The van der Waals surface area contributed by atoms with E-state index in [0.717, 1.165) is 24.3 Å². The Balaban J connectivity index is 2.50. The van der Waals surface area contributed by atoms with Gasteiger partial charge in [0.25, 0.3) is 0 Å². The molecule has 1 unspecified atom stereocenters. The molecule has 1 rings (SSSR count). The minimum Gasteiger partial charge on any atom is -0.352 e. The van der Waals surface area contributed by atoms with Gasteiger partial charge in [0.15, 0.2) is 0 Å². The van der Waals surface area contributed by atoms with Crippen LogP contribution in [-0.4, -0.2) is 23.5 Å². The second kappa shape index (κ2) is 5.41. The summed E-state index contributed by atoms with van der Waals surface area (Å²) in [4.78, 5) is 11.9. The van der Waals surface area contributed by atoms with E-state index < -0.39 is 5.41 Å². The maximum atomic E-state index is 11.9. The Bertz CT molecular complexity index is 268. The lowest BCUT2D eigenvalue weighted by atomic mass is 9.88. The molecule has 4 heteroatoms. The van der Waals surface area contributed by atoms with Gasteiger partial charge in [-0.25, -0.2) is 0 Å². The average Bonchev–Trinajstić information content (AvgIpc) is 2.29. The molecule has 84 valence electrons. The topological polar surface area (TPSA) is 52.9 Å². The van der Waals surface area contributed by atoms with E-state index in [1.165, 1.54) is 0 Å². The standard InChI is InChI=1S/C11H18N2OS/c1-3-11(2,8-12)10(14)13-9-4-6-15-7-5-9/h9H,3-7H2,1-2H3,(H,13,14). The summed E-state index contributed by atoms with van der Waals surface area (Å²) in [6, 6.07) is 2.38. The third-order valence-corrected chi connectivity index (χ3v) is 4.06. The average molecular weight is 226 g/mol. The molecule has 0 aromatic carbocycles. The maximum absolute atomic E-state index is 11.9. The molecular formula is C11H18N2OS. The molecule has 1 heterocycles. The molecule has 1 saturated heterocycles. The molecule has 0 bridgehead atoms. The summed E-state index contributed by atoms with van der Waals surface area (Å²) in [6.45, 7) is 3.58. The van der Waals surface area contributed by atoms with Gasteiger partial charge in [0.05, 0.1) is 6.07 Å². The first-order valence-electron chi connectivity index (χ1n) is 5.42. The molecule has 1 aliphatic heterocycles. The summed E-state index contributed by atoms with van der Waals surface area (Å²) in [5.74, 6) is 2.12. The number of hydrogen-bond acceptors (Lipinski definition) is 3. The van der Waals surface area contributed by atoms with E-state index >= 15 is 0 Å². The number of nitrogens with one attached hydrogen (secondary N) is 1. The first-order chi connectivity index (χ1) is 7.12. The van der Waals surface area contributed by atoms with Gasteiger partial charge in [0.2, 0.25) is 5.91 Å². The minimum atomic E-state index is -0.857. The van der Waals surface area contributed by atoms with Crippen molar-refractivity contribution in [1.29, 1.82) is 5.26 Å². The Kier molecular flexibility index (Phi) is 4.46. The lowest BCUT2D eigenvalue weighted by Crippen LogP contribution is -2.44. The van der Waals surface area contributed by atoms with Crippen molar-refractivity contribution in [2.24, 2.45) is 5.41 Å². The van der Waals surface area contributed by atoms with Crippen LogP contribution >= 0.6 is 11.8 Å². The maximum Gasteiger partial charge on any atom is 0.240 e. The van der Waals surface area contributed by atoms with Crippen LogP contribution in [0.25, 0.3) is 0 Å². The fourth-order valence-corrected chi connectivity index (χ4v) is 2.58. The zero-order valence-corrected chi connectivity index (χ0v) is 10.2. The van der Waals surface area contributed by atoms with E-state index in [2.05, 4.69) is 11.4 Å². The van der Waals surface area contributed by atoms with Gasteiger partial charge in [-0.15, -0.1) is 0 Å². The summed E-state index contributed by atoms with van der Waals surface area (Å²) in [5, 5.41) is 12.0. The smallest absolute Gasteiger partial charge is 0.240 e. The van der Waals surface area contributed by atoms with Gasteiger partial charge in [0.1, 0.15) is 5.41 Å². The van der Waals surface area contributed by atoms with E-state index in [9.17, 15) is 4.79 Å². The summed E-state index contributed by atoms with van der Waals surface area (Å²) in [5.41, 5.74) is -0.857. The lowest BCUT2D eigenvalue weighted by Gasteiger charge is -2.26. The van der Waals surface area contributed by atoms with Gasteiger partial charge in [-0.3, -0.25) is 4.79 Å². The molecule has 0 aliphatic carbocycles. The van der Waals surface area contributed by atoms with Crippen LogP contribution in [0.15, 0.2) is 0 Å². The number of carbonyl (C=O) groups is 1. The van der Waals surface area contributed by atoms with Crippen LogP contribution in [0.1, 0.15) is 33.1 Å². The monoisotopic (exact) mass is 226 g/mol. The Labute approximate surface area is 95.6 Å². The number of hydrogen-bond donors (Lipinski definition) is 1. The van der Waals surface area contributed by atoms with E-state index in [4.69, 9.17) is 5.26 Å². The molecule has 0 radical (unpaired) electrons. The van der Waals surface area contributed by atoms with Gasteiger partial charge in [0, 0.05) is 6.04 Å². The fourth-order valence-electron chi connectivity index (χ4n) is 1.48. The normalized spacial score (nSPS) is 21.4. The van der Waals surface area contributed by atoms with Crippen molar-refractivity contribution in [3.05, 3.63) is 0 Å². The highest BCUT2D eigenvalue weighted by molar-refractivity contribution is 7.99. The van der Waals surface area contributed by atoms with E-state index in [1.807, 2.05) is 18.7 Å². The molecule has 0 aromatic rings. The van der Waals surface area contributed by atoms with Crippen molar-refractivity contribution < 1.29 is 4.79 Å². The second-order valence-corrected chi connectivity index (χ2v) is 5.38. The van der Waals surface area contributed by atoms with Gasteiger partial charge < -0.3 is 5.32 Å². The van der Waals surface area contributed by atoms with Crippen molar-refractivity contribution >= 4 is 17.7 Å². The van der Waals surface area contributed by atoms with Crippen molar-refractivity contribution in [3.8, 4) is 6.07 Å². The highest BCUT2D eigenvalue weighted by Gasteiger charge is 2.32. The van der Waals surface area contributed by atoms with Crippen LogP contribution < -0.4 is 5.32 Å². The number of rotatable bonds is 3. The lowest BCUT2D eigenvalue weighted by molar-refractivity contribution is -0.128.